The Morgan fingerprint density at radius 1 is 1.35 bits per heavy atom. The molecule has 0 unspecified atom stereocenters. The molecule has 0 atom stereocenters. The molecule has 0 bridgehead atoms. The fourth-order valence-electron chi connectivity index (χ4n) is 1.01. The number of esters is 1. The Hall–Kier alpha value is -0.910. The third kappa shape index (κ3) is 9.07. The number of carbonyl (C=O) groups is 1. The maximum absolute atomic E-state index is 11.7. The number of nitrogens with one attached hydrogen (secondary N) is 1. The van der Waals surface area contributed by atoms with E-state index in [0.29, 0.717) is 0 Å². The third-order valence-electron chi connectivity index (χ3n) is 2.07. The van der Waals surface area contributed by atoms with Gasteiger partial charge in [-0.25, -0.2) is 0 Å². The number of hydrogen-bond acceptors (Lipinski definition) is 5. The van der Waals surface area contributed by atoms with Crippen molar-refractivity contribution in [2.45, 2.75) is 12.6 Å². The zero-order valence-electron chi connectivity index (χ0n) is 11.1. The van der Waals surface area contributed by atoms with E-state index in [2.05, 4.69) is 9.47 Å². The summed E-state index contributed by atoms with van der Waals surface area (Å²) >= 11 is 0. The van der Waals surface area contributed by atoms with Gasteiger partial charge in [0.25, 0.3) is 10.2 Å². The summed E-state index contributed by atoms with van der Waals surface area (Å²) in [6.45, 7) is -2.26. The lowest BCUT2D eigenvalue weighted by Gasteiger charge is -2.17. The molecule has 20 heavy (non-hydrogen) atoms. The average Bonchev–Trinajstić information content (AvgIpc) is 2.33. The molecule has 0 amide bonds. The zero-order valence-corrected chi connectivity index (χ0v) is 11.9. The molecule has 0 aliphatic carbocycles. The molecule has 0 rings (SSSR count). The molecule has 0 aliphatic rings. The summed E-state index contributed by atoms with van der Waals surface area (Å²) in [6.07, 6.45) is -4.57. The lowest BCUT2D eigenvalue weighted by molar-refractivity contribution is -0.173. The molecule has 0 saturated heterocycles. The summed E-state index contributed by atoms with van der Waals surface area (Å²) in [5.41, 5.74) is 0. The van der Waals surface area contributed by atoms with E-state index in [1.54, 1.807) is 0 Å². The number of hydrogen-bond donors (Lipinski definition) is 1. The quantitative estimate of drug-likeness (QED) is 0.473. The van der Waals surface area contributed by atoms with Crippen LogP contribution < -0.4 is 4.72 Å². The van der Waals surface area contributed by atoms with Gasteiger partial charge in [0.05, 0.1) is 20.1 Å². The summed E-state index contributed by atoms with van der Waals surface area (Å²) in [7, 11) is -1.47. The largest absolute Gasteiger partial charge is 0.469 e. The monoisotopic (exact) mass is 322 g/mol. The molecular weight excluding hydrogens is 305 g/mol. The number of carbonyl (C=O) groups excluding carboxylic acids is 1. The minimum absolute atomic E-state index is 0.106. The third-order valence-corrected chi connectivity index (χ3v) is 3.64. The first-order chi connectivity index (χ1) is 9.08. The number of ether oxygens (including phenoxy) is 2. The van der Waals surface area contributed by atoms with Gasteiger partial charge in [0.2, 0.25) is 0 Å². The first-order valence-corrected chi connectivity index (χ1v) is 6.94. The molecule has 7 nitrogen and oxygen atoms in total. The second kappa shape index (κ2) is 8.39. The maximum Gasteiger partial charge on any atom is 0.411 e. The molecule has 0 saturated carbocycles. The van der Waals surface area contributed by atoms with E-state index in [1.807, 2.05) is 4.72 Å². The topological polar surface area (TPSA) is 84.9 Å². The van der Waals surface area contributed by atoms with Crippen molar-refractivity contribution in [3.63, 3.8) is 0 Å². The highest BCUT2D eigenvalue weighted by Gasteiger charge is 2.27. The first-order valence-electron chi connectivity index (χ1n) is 5.50. The van der Waals surface area contributed by atoms with Gasteiger partial charge in [0, 0.05) is 20.1 Å². The Balaban J connectivity index is 3.97. The van der Waals surface area contributed by atoms with Gasteiger partial charge < -0.3 is 9.47 Å². The number of methoxy groups -OCH3 is 1. The van der Waals surface area contributed by atoms with Crippen LogP contribution in [0.25, 0.3) is 0 Å². The van der Waals surface area contributed by atoms with Crippen molar-refractivity contribution < 1.29 is 35.9 Å². The Bertz CT molecular complexity index is 399. The lowest BCUT2D eigenvalue weighted by atomic mass is 10.4. The van der Waals surface area contributed by atoms with Crippen LogP contribution in [0, 0.1) is 0 Å². The van der Waals surface area contributed by atoms with Crippen LogP contribution in [0.1, 0.15) is 6.42 Å². The van der Waals surface area contributed by atoms with Gasteiger partial charge in [-0.2, -0.15) is 30.6 Å². The Labute approximate surface area is 115 Å². The maximum atomic E-state index is 11.7. The van der Waals surface area contributed by atoms with Crippen molar-refractivity contribution in [2.75, 3.05) is 40.5 Å². The summed E-state index contributed by atoms with van der Waals surface area (Å²) in [4.78, 5) is 10.8. The molecular formula is C9H17F3N2O5S. The van der Waals surface area contributed by atoms with Crippen molar-refractivity contribution in [1.29, 1.82) is 0 Å². The van der Waals surface area contributed by atoms with E-state index < -0.39 is 35.6 Å². The van der Waals surface area contributed by atoms with E-state index in [0.717, 1.165) is 4.31 Å². The summed E-state index contributed by atoms with van der Waals surface area (Å²) in [5, 5.41) is 0. The predicted octanol–water partition coefficient (Wildman–Crippen LogP) is -0.105. The van der Waals surface area contributed by atoms with E-state index in [4.69, 9.17) is 0 Å². The number of nitrogens with zero attached hydrogens (tertiary/aromatic N) is 1. The SMILES string of the molecule is COC(=O)CCN(C)S(=O)(=O)NCCOCC(F)(F)F. The Morgan fingerprint density at radius 2 is 1.95 bits per heavy atom. The Morgan fingerprint density at radius 3 is 2.45 bits per heavy atom. The molecule has 0 spiro atoms. The Kier molecular flexibility index (Phi) is 8.01. The van der Waals surface area contributed by atoms with Gasteiger partial charge in [0.15, 0.2) is 0 Å². The van der Waals surface area contributed by atoms with Crippen molar-refractivity contribution in [3.05, 3.63) is 0 Å². The molecule has 1 N–H and O–H groups in total. The number of halogens is 3. The van der Waals surface area contributed by atoms with Crippen LogP contribution in [0.15, 0.2) is 0 Å². The van der Waals surface area contributed by atoms with Gasteiger partial charge in [-0.3, -0.25) is 4.79 Å². The average molecular weight is 322 g/mol. The highest BCUT2D eigenvalue weighted by molar-refractivity contribution is 7.87. The van der Waals surface area contributed by atoms with Crippen molar-refractivity contribution >= 4 is 16.2 Å². The smallest absolute Gasteiger partial charge is 0.411 e. The van der Waals surface area contributed by atoms with Crippen LogP contribution in [0.4, 0.5) is 13.2 Å². The van der Waals surface area contributed by atoms with Gasteiger partial charge in [-0.05, 0) is 0 Å². The number of alkyl halides is 3. The molecule has 0 aromatic heterocycles. The van der Waals surface area contributed by atoms with Crippen molar-refractivity contribution in [2.24, 2.45) is 0 Å². The van der Waals surface area contributed by atoms with Crippen LogP contribution in [-0.4, -0.2) is 65.3 Å². The molecule has 0 aliphatic heterocycles. The fraction of sp³-hybridized carbons (Fsp3) is 0.889. The molecule has 0 fully saturated rings. The highest BCUT2D eigenvalue weighted by Crippen LogP contribution is 2.13. The lowest BCUT2D eigenvalue weighted by Crippen LogP contribution is -2.40. The zero-order chi connectivity index (χ0) is 15.8. The minimum Gasteiger partial charge on any atom is -0.469 e. The van der Waals surface area contributed by atoms with Crippen molar-refractivity contribution in [1.82, 2.24) is 9.03 Å². The van der Waals surface area contributed by atoms with Crippen LogP contribution in [0.5, 0.6) is 0 Å². The molecule has 0 heterocycles. The highest BCUT2D eigenvalue weighted by atomic mass is 32.2. The van der Waals surface area contributed by atoms with Gasteiger partial charge in [0.1, 0.15) is 6.61 Å². The summed E-state index contributed by atoms with van der Waals surface area (Å²) in [5.74, 6) is -0.569. The van der Waals surface area contributed by atoms with Gasteiger partial charge in [-0.15, -0.1) is 0 Å². The van der Waals surface area contributed by atoms with E-state index >= 15 is 0 Å². The van der Waals surface area contributed by atoms with E-state index in [-0.39, 0.29) is 19.5 Å². The normalized spacial score (nSPS) is 12.7. The molecule has 0 aromatic carbocycles. The molecule has 0 aromatic rings. The second-order valence-electron chi connectivity index (χ2n) is 3.71. The number of rotatable bonds is 9. The second-order valence-corrected chi connectivity index (χ2v) is 5.58. The van der Waals surface area contributed by atoms with Crippen LogP contribution in [0.2, 0.25) is 0 Å². The molecule has 11 heteroatoms. The van der Waals surface area contributed by atoms with E-state index in [1.165, 1.54) is 14.2 Å². The van der Waals surface area contributed by atoms with Crippen LogP contribution in [0.3, 0.4) is 0 Å². The van der Waals surface area contributed by atoms with Gasteiger partial charge in [-0.1, -0.05) is 0 Å². The van der Waals surface area contributed by atoms with Crippen LogP contribution >= 0.6 is 0 Å². The first kappa shape index (κ1) is 19.1. The summed E-state index contributed by atoms with van der Waals surface area (Å²) < 4.78 is 69.9. The van der Waals surface area contributed by atoms with Crippen LogP contribution in [-0.2, 0) is 24.5 Å². The standard InChI is InChI=1S/C9H17F3N2O5S/c1-14(5-3-8(15)18-2)20(16,17)13-4-6-19-7-9(10,11)12/h13H,3-7H2,1-2H3. The van der Waals surface area contributed by atoms with Gasteiger partial charge >= 0.3 is 12.1 Å². The minimum atomic E-state index is -4.45. The molecule has 0 radical (unpaired) electrons. The summed E-state index contributed by atoms with van der Waals surface area (Å²) in [6, 6.07) is 0. The predicted molar refractivity (Wildman–Crippen MR) is 63.1 cm³/mol. The molecule has 120 valence electrons. The fourth-order valence-corrected chi connectivity index (χ4v) is 1.91. The van der Waals surface area contributed by atoms with Crippen molar-refractivity contribution in [3.8, 4) is 0 Å². The van der Waals surface area contributed by atoms with E-state index in [9.17, 15) is 26.4 Å².